The number of piperazine rings is 1. The number of hydrogen-bond donors (Lipinski definition) is 0. The molecule has 1 fully saturated rings. The van der Waals surface area contributed by atoms with Crippen molar-refractivity contribution in [2.24, 2.45) is 0 Å². The second-order valence-electron chi connectivity index (χ2n) is 6.95. The Kier molecular flexibility index (Phi) is 6.83. The van der Waals surface area contributed by atoms with Gasteiger partial charge in [0, 0.05) is 52.0 Å². The number of benzene rings is 1. The molecule has 0 amide bonds. The lowest BCUT2D eigenvalue weighted by atomic mass is 10.2. The summed E-state index contributed by atoms with van der Waals surface area (Å²) in [6, 6.07) is 12.8. The van der Waals surface area contributed by atoms with Crippen LogP contribution in [-0.2, 0) is 6.54 Å². The average molecular weight is 354 g/mol. The minimum absolute atomic E-state index is 0.873. The Balaban J connectivity index is 1.59. The van der Waals surface area contributed by atoms with Gasteiger partial charge in [-0.3, -0.25) is 4.90 Å². The van der Waals surface area contributed by atoms with E-state index in [0.717, 1.165) is 70.4 Å². The van der Waals surface area contributed by atoms with E-state index in [1.165, 1.54) is 5.56 Å². The fourth-order valence-electron chi connectivity index (χ4n) is 3.50. The van der Waals surface area contributed by atoms with E-state index in [4.69, 9.17) is 4.98 Å². The third kappa shape index (κ3) is 4.94. The van der Waals surface area contributed by atoms with Gasteiger partial charge in [-0.1, -0.05) is 44.2 Å². The first-order valence-electron chi connectivity index (χ1n) is 9.89. The topological polar surface area (TPSA) is 35.5 Å². The summed E-state index contributed by atoms with van der Waals surface area (Å²) in [7, 11) is 0. The molecule has 0 spiro atoms. The molecule has 2 heterocycles. The molecule has 0 unspecified atom stereocenters. The van der Waals surface area contributed by atoms with Crippen molar-refractivity contribution in [3.8, 4) is 0 Å². The minimum atomic E-state index is 0.873. The van der Waals surface area contributed by atoms with Crippen molar-refractivity contribution in [2.45, 2.75) is 33.2 Å². The number of aromatic nitrogens is 2. The normalized spacial score (nSPS) is 15.2. The summed E-state index contributed by atoms with van der Waals surface area (Å²) in [4.78, 5) is 16.6. The van der Waals surface area contributed by atoms with E-state index in [9.17, 15) is 0 Å². The van der Waals surface area contributed by atoms with Crippen molar-refractivity contribution >= 4 is 11.8 Å². The van der Waals surface area contributed by atoms with Crippen LogP contribution >= 0.6 is 0 Å². The fourth-order valence-corrected chi connectivity index (χ4v) is 3.50. The predicted octanol–water partition coefficient (Wildman–Crippen LogP) is 3.43. The summed E-state index contributed by atoms with van der Waals surface area (Å²) in [5.41, 5.74) is 1.39. The molecule has 1 aliphatic heterocycles. The highest BCUT2D eigenvalue weighted by atomic mass is 15.3. The molecule has 5 heteroatoms. The Hall–Kier alpha value is -2.14. The highest BCUT2D eigenvalue weighted by molar-refractivity contribution is 5.44. The lowest BCUT2D eigenvalue weighted by molar-refractivity contribution is 0.249. The smallest absolute Gasteiger partial charge is 0.227 e. The van der Waals surface area contributed by atoms with Crippen molar-refractivity contribution in [2.75, 3.05) is 49.1 Å². The van der Waals surface area contributed by atoms with Gasteiger partial charge in [-0.25, -0.2) is 4.98 Å². The summed E-state index contributed by atoms with van der Waals surface area (Å²) < 4.78 is 0. The fraction of sp³-hybridized carbons (Fsp3) is 0.524. The van der Waals surface area contributed by atoms with Crippen molar-refractivity contribution in [1.82, 2.24) is 14.9 Å². The lowest BCUT2D eigenvalue weighted by Crippen LogP contribution is -2.46. The van der Waals surface area contributed by atoms with Gasteiger partial charge in [0.25, 0.3) is 0 Å². The molecule has 1 saturated heterocycles. The van der Waals surface area contributed by atoms with E-state index >= 15 is 0 Å². The first-order valence-corrected chi connectivity index (χ1v) is 9.89. The van der Waals surface area contributed by atoms with Gasteiger partial charge in [-0.2, -0.15) is 4.98 Å². The molecule has 0 atom stereocenters. The van der Waals surface area contributed by atoms with Crippen LogP contribution in [0, 0.1) is 0 Å². The monoisotopic (exact) mass is 353 g/mol. The number of nitrogens with zero attached hydrogens (tertiary/aromatic N) is 5. The molecule has 3 rings (SSSR count). The van der Waals surface area contributed by atoms with Crippen LogP contribution in [0.3, 0.4) is 0 Å². The van der Waals surface area contributed by atoms with Crippen LogP contribution in [0.5, 0.6) is 0 Å². The van der Waals surface area contributed by atoms with Gasteiger partial charge in [0.1, 0.15) is 5.82 Å². The Labute approximate surface area is 157 Å². The highest BCUT2D eigenvalue weighted by Crippen LogP contribution is 2.18. The molecular formula is C21H31N5. The number of anilines is 2. The molecule has 0 N–H and O–H groups in total. The zero-order valence-electron chi connectivity index (χ0n) is 16.1. The zero-order valence-corrected chi connectivity index (χ0v) is 16.1. The molecular weight excluding hydrogens is 322 g/mol. The maximum absolute atomic E-state index is 4.87. The number of rotatable bonds is 8. The summed E-state index contributed by atoms with van der Waals surface area (Å²) >= 11 is 0. The molecule has 26 heavy (non-hydrogen) atoms. The van der Waals surface area contributed by atoms with Crippen LogP contribution in [-0.4, -0.2) is 54.1 Å². The first-order chi connectivity index (χ1) is 12.8. The molecule has 0 saturated carbocycles. The summed E-state index contributed by atoms with van der Waals surface area (Å²) in [5.74, 6) is 1.93. The second kappa shape index (κ2) is 9.53. The molecule has 0 aliphatic carbocycles. The van der Waals surface area contributed by atoms with Crippen molar-refractivity contribution in [3.05, 3.63) is 48.2 Å². The SMILES string of the molecule is CCCN(CCC)c1nccc(N2CCN(Cc3ccccc3)CC2)n1. The minimum Gasteiger partial charge on any atom is -0.354 e. The van der Waals surface area contributed by atoms with E-state index in [2.05, 4.69) is 63.9 Å². The van der Waals surface area contributed by atoms with Gasteiger partial charge in [0.05, 0.1) is 0 Å². The van der Waals surface area contributed by atoms with Crippen LogP contribution in [0.4, 0.5) is 11.8 Å². The maximum atomic E-state index is 4.87. The first kappa shape index (κ1) is 18.6. The van der Waals surface area contributed by atoms with E-state index in [1.54, 1.807) is 0 Å². The zero-order chi connectivity index (χ0) is 18.2. The Morgan fingerprint density at radius 2 is 1.62 bits per heavy atom. The van der Waals surface area contributed by atoms with Gasteiger partial charge in [0.2, 0.25) is 5.95 Å². The van der Waals surface area contributed by atoms with Crippen LogP contribution in [0.25, 0.3) is 0 Å². The molecule has 0 radical (unpaired) electrons. The summed E-state index contributed by atoms with van der Waals surface area (Å²) in [6.45, 7) is 11.7. The van der Waals surface area contributed by atoms with Gasteiger partial charge >= 0.3 is 0 Å². The molecule has 5 nitrogen and oxygen atoms in total. The van der Waals surface area contributed by atoms with Gasteiger partial charge in [-0.15, -0.1) is 0 Å². The standard InChI is InChI=1S/C21H31N5/c1-3-12-26(13-4-2)21-22-11-10-20(23-21)25-16-14-24(15-17-25)18-19-8-6-5-7-9-19/h5-11H,3-4,12-18H2,1-2H3. The van der Waals surface area contributed by atoms with E-state index in [0.29, 0.717) is 0 Å². The van der Waals surface area contributed by atoms with Crippen molar-refractivity contribution in [1.29, 1.82) is 0 Å². The van der Waals surface area contributed by atoms with E-state index in [-0.39, 0.29) is 0 Å². The van der Waals surface area contributed by atoms with E-state index < -0.39 is 0 Å². The predicted molar refractivity (Wildman–Crippen MR) is 109 cm³/mol. The van der Waals surface area contributed by atoms with Gasteiger partial charge < -0.3 is 9.80 Å². The van der Waals surface area contributed by atoms with Gasteiger partial charge in [0.15, 0.2) is 0 Å². The van der Waals surface area contributed by atoms with Gasteiger partial charge in [-0.05, 0) is 24.5 Å². The average Bonchev–Trinajstić information content (AvgIpc) is 2.69. The molecule has 1 aliphatic rings. The molecule has 0 bridgehead atoms. The summed E-state index contributed by atoms with van der Waals surface area (Å²) in [6.07, 6.45) is 4.14. The lowest BCUT2D eigenvalue weighted by Gasteiger charge is -2.35. The number of hydrogen-bond acceptors (Lipinski definition) is 5. The molecule has 1 aromatic carbocycles. The largest absolute Gasteiger partial charge is 0.354 e. The Bertz CT molecular complexity index is 646. The molecule has 140 valence electrons. The molecule has 1 aromatic heterocycles. The van der Waals surface area contributed by atoms with Crippen molar-refractivity contribution < 1.29 is 0 Å². The van der Waals surface area contributed by atoms with Crippen LogP contribution < -0.4 is 9.80 Å². The van der Waals surface area contributed by atoms with Crippen LogP contribution in [0.1, 0.15) is 32.3 Å². The Morgan fingerprint density at radius 1 is 0.923 bits per heavy atom. The quantitative estimate of drug-likeness (QED) is 0.727. The molecule has 2 aromatic rings. The highest BCUT2D eigenvalue weighted by Gasteiger charge is 2.19. The Morgan fingerprint density at radius 3 is 2.27 bits per heavy atom. The summed E-state index contributed by atoms with van der Waals surface area (Å²) in [5, 5.41) is 0. The van der Waals surface area contributed by atoms with Crippen LogP contribution in [0.15, 0.2) is 42.6 Å². The third-order valence-electron chi connectivity index (χ3n) is 4.84. The van der Waals surface area contributed by atoms with Crippen molar-refractivity contribution in [3.63, 3.8) is 0 Å². The van der Waals surface area contributed by atoms with Crippen LogP contribution in [0.2, 0.25) is 0 Å². The second-order valence-corrected chi connectivity index (χ2v) is 6.95. The maximum Gasteiger partial charge on any atom is 0.227 e. The third-order valence-corrected chi connectivity index (χ3v) is 4.84. The van der Waals surface area contributed by atoms with E-state index in [1.807, 2.05) is 12.3 Å².